The Morgan fingerprint density at radius 3 is 2.75 bits per heavy atom. The van der Waals surface area contributed by atoms with Gasteiger partial charge in [0.2, 0.25) is 11.8 Å². The summed E-state index contributed by atoms with van der Waals surface area (Å²) in [6.07, 6.45) is 3.52. The minimum absolute atomic E-state index is 0.0200. The second-order valence-electron chi connectivity index (χ2n) is 7.08. The molecule has 24 heavy (non-hydrogen) atoms. The lowest BCUT2D eigenvalue weighted by Gasteiger charge is -2.33. The lowest BCUT2D eigenvalue weighted by molar-refractivity contribution is -0.145. The number of para-hydroxylation sites is 1. The van der Waals surface area contributed by atoms with Gasteiger partial charge in [0.05, 0.1) is 7.11 Å². The smallest absolute Gasteiger partial charge is 0.238 e. The molecule has 1 heterocycles. The average Bonchev–Trinajstić information content (AvgIpc) is 3.41. The number of rotatable bonds is 5. The summed E-state index contributed by atoms with van der Waals surface area (Å²) in [5, 5.41) is 2.94. The number of piperidine rings is 1. The van der Waals surface area contributed by atoms with Crippen molar-refractivity contribution in [3.8, 4) is 5.75 Å². The Bertz CT molecular complexity index is 625. The number of carbonyl (C=O) groups is 2. The van der Waals surface area contributed by atoms with Gasteiger partial charge in [-0.15, -0.1) is 0 Å². The number of nitrogens with zero attached hydrogens (tertiary/aromatic N) is 1. The molecule has 0 radical (unpaired) electrons. The highest BCUT2D eigenvalue weighted by Crippen LogP contribution is 2.48. The summed E-state index contributed by atoms with van der Waals surface area (Å²) < 4.78 is 5.31. The van der Waals surface area contributed by atoms with Crippen LogP contribution >= 0.6 is 0 Å². The number of benzene rings is 1. The summed E-state index contributed by atoms with van der Waals surface area (Å²) >= 11 is 0. The van der Waals surface area contributed by atoms with Crippen molar-refractivity contribution in [2.24, 2.45) is 11.3 Å². The SMILES string of the molecule is COc1ccccc1CNC(=O)C1(C(=O)N2CCCC(C)C2)CC1. The van der Waals surface area contributed by atoms with Crippen LogP contribution in [-0.2, 0) is 16.1 Å². The van der Waals surface area contributed by atoms with E-state index in [9.17, 15) is 9.59 Å². The lowest BCUT2D eigenvalue weighted by Crippen LogP contribution is -2.48. The van der Waals surface area contributed by atoms with Crippen LogP contribution in [0.1, 0.15) is 38.2 Å². The summed E-state index contributed by atoms with van der Waals surface area (Å²) in [6, 6.07) is 7.60. The number of hydrogen-bond donors (Lipinski definition) is 1. The first-order chi connectivity index (χ1) is 11.6. The van der Waals surface area contributed by atoms with E-state index < -0.39 is 5.41 Å². The fourth-order valence-corrected chi connectivity index (χ4v) is 3.53. The number of ether oxygens (including phenoxy) is 1. The number of nitrogens with one attached hydrogen (secondary N) is 1. The highest BCUT2D eigenvalue weighted by molar-refractivity contribution is 6.07. The quantitative estimate of drug-likeness (QED) is 0.843. The van der Waals surface area contributed by atoms with Gasteiger partial charge in [-0.1, -0.05) is 25.1 Å². The fourth-order valence-electron chi connectivity index (χ4n) is 3.53. The van der Waals surface area contributed by atoms with Gasteiger partial charge >= 0.3 is 0 Å². The van der Waals surface area contributed by atoms with Gasteiger partial charge in [0.15, 0.2) is 0 Å². The number of hydrogen-bond acceptors (Lipinski definition) is 3. The number of methoxy groups -OCH3 is 1. The molecular formula is C19H26N2O3. The fraction of sp³-hybridized carbons (Fsp3) is 0.579. The minimum Gasteiger partial charge on any atom is -0.496 e. The van der Waals surface area contributed by atoms with E-state index in [-0.39, 0.29) is 11.8 Å². The molecule has 0 aromatic heterocycles. The highest BCUT2D eigenvalue weighted by Gasteiger charge is 2.58. The van der Waals surface area contributed by atoms with E-state index >= 15 is 0 Å². The molecule has 3 rings (SSSR count). The Kier molecular flexibility index (Phi) is 4.78. The van der Waals surface area contributed by atoms with Gasteiger partial charge in [-0.05, 0) is 37.7 Å². The van der Waals surface area contributed by atoms with Crippen molar-refractivity contribution in [3.05, 3.63) is 29.8 Å². The van der Waals surface area contributed by atoms with E-state index in [1.54, 1.807) is 7.11 Å². The van der Waals surface area contributed by atoms with Crippen LogP contribution in [0.5, 0.6) is 5.75 Å². The topological polar surface area (TPSA) is 58.6 Å². The molecule has 130 valence electrons. The predicted molar refractivity (Wildman–Crippen MR) is 91.5 cm³/mol. The molecule has 1 saturated heterocycles. The van der Waals surface area contributed by atoms with Crippen molar-refractivity contribution in [2.75, 3.05) is 20.2 Å². The first-order valence-electron chi connectivity index (χ1n) is 8.76. The van der Waals surface area contributed by atoms with Crippen molar-refractivity contribution < 1.29 is 14.3 Å². The van der Waals surface area contributed by atoms with Crippen molar-refractivity contribution in [3.63, 3.8) is 0 Å². The molecule has 1 saturated carbocycles. The van der Waals surface area contributed by atoms with Crippen LogP contribution in [0, 0.1) is 11.3 Å². The van der Waals surface area contributed by atoms with Crippen molar-refractivity contribution in [1.82, 2.24) is 10.2 Å². The van der Waals surface area contributed by atoms with E-state index in [2.05, 4.69) is 12.2 Å². The molecule has 1 unspecified atom stereocenters. The van der Waals surface area contributed by atoms with Crippen LogP contribution in [0.25, 0.3) is 0 Å². The van der Waals surface area contributed by atoms with E-state index in [0.29, 0.717) is 25.3 Å². The number of amides is 2. The summed E-state index contributed by atoms with van der Waals surface area (Å²) in [5.41, 5.74) is 0.0993. The van der Waals surface area contributed by atoms with E-state index in [1.165, 1.54) is 0 Å². The molecule has 0 spiro atoms. The Morgan fingerprint density at radius 1 is 1.33 bits per heavy atom. The average molecular weight is 330 g/mol. The molecule has 2 aliphatic rings. The third-order valence-electron chi connectivity index (χ3n) is 5.17. The molecule has 0 bridgehead atoms. The summed E-state index contributed by atoms with van der Waals surface area (Å²) in [5.74, 6) is 1.15. The zero-order chi connectivity index (χ0) is 17.2. The summed E-state index contributed by atoms with van der Waals surface area (Å²) in [6.45, 7) is 4.11. The van der Waals surface area contributed by atoms with Crippen LogP contribution in [0.15, 0.2) is 24.3 Å². The molecule has 1 atom stereocenters. The normalized spacial score (nSPS) is 21.9. The lowest BCUT2D eigenvalue weighted by atomic mass is 9.96. The van der Waals surface area contributed by atoms with Crippen LogP contribution in [0.3, 0.4) is 0 Å². The van der Waals surface area contributed by atoms with Crippen molar-refractivity contribution in [1.29, 1.82) is 0 Å². The number of likely N-dealkylation sites (tertiary alicyclic amines) is 1. The maximum absolute atomic E-state index is 12.8. The van der Waals surface area contributed by atoms with Gasteiger partial charge in [0, 0.05) is 25.2 Å². The van der Waals surface area contributed by atoms with Crippen LogP contribution < -0.4 is 10.1 Å². The Hall–Kier alpha value is -2.04. The maximum Gasteiger partial charge on any atom is 0.238 e. The Morgan fingerprint density at radius 2 is 2.08 bits per heavy atom. The zero-order valence-electron chi connectivity index (χ0n) is 14.5. The monoisotopic (exact) mass is 330 g/mol. The highest BCUT2D eigenvalue weighted by atomic mass is 16.5. The molecule has 5 heteroatoms. The van der Waals surface area contributed by atoms with Crippen LogP contribution in [0.2, 0.25) is 0 Å². The van der Waals surface area contributed by atoms with Gasteiger partial charge in [-0.2, -0.15) is 0 Å². The molecule has 5 nitrogen and oxygen atoms in total. The standard InChI is InChI=1S/C19H26N2O3/c1-14-6-5-11-21(13-14)18(23)19(9-10-19)17(22)20-12-15-7-3-4-8-16(15)24-2/h3-4,7-8,14H,5-6,9-13H2,1-2H3,(H,20,22). The molecule has 2 fully saturated rings. The third kappa shape index (κ3) is 3.25. The third-order valence-corrected chi connectivity index (χ3v) is 5.17. The number of carbonyl (C=O) groups excluding carboxylic acids is 2. The van der Waals surface area contributed by atoms with E-state index in [4.69, 9.17) is 4.74 Å². The Balaban J connectivity index is 1.63. The molecule has 1 aliphatic carbocycles. The van der Waals surface area contributed by atoms with Gasteiger partial charge < -0.3 is 15.0 Å². The van der Waals surface area contributed by atoms with Gasteiger partial charge in [-0.25, -0.2) is 0 Å². The second-order valence-corrected chi connectivity index (χ2v) is 7.08. The van der Waals surface area contributed by atoms with Crippen LogP contribution in [-0.4, -0.2) is 36.9 Å². The second kappa shape index (κ2) is 6.83. The van der Waals surface area contributed by atoms with Gasteiger partial charge in [0.1, 0.15) is 11.2 Å². The molecule has 1 aromatic rings. The van der Waals surface area contributed by atoms with Crippen LogP contribution in [0.4, 0.5) is 0 Å². The molecule has 1 aromatic carbocycles. The summed E-state index contributed by atoms with van der Waals surface area (Å²) in [4.78, 5) is 27.4. The first-order valence-corrected chi connectivity index (χ1v) is 8.76. The Labute approximate surface area is 143 Å². The molecule has 1 aliphatic heterocycles. The molecule has 2 amide bonds. The van der Waals surface area contributed by atoms with Gasteiger partial charge in [-0.3, -0.25) is 9.59 Å². The maximum atomic E-state index is 12.8. The predicted octanol–water partition coefficient (Wildman–Crippen LogP) is 2.35. The molecular weight excluding hydrogens is 304 g/mol. The van der Waals surface area contributed by atoms with E-state index in [0.717, 1.165) is 37.2 Å². The van der Waals surface area contributed by atoms with Crippen molar-refractivity contribution >= 4 is 11.8 Å². The minimum atomic E-state index is -0.820. The van der Waals surface area contributed by atoms with Crippen molar-refractivity contribution in [2.45, 2.75) is 39.2 Å². The molecule has 1 N–H and O–H groups in total. The van der Waals surface area contributed by atoms with E-state index in [1.807, 2.05) is 29.2 Å². The first kappa shape index (κ1) is 16.8. The largest absolute Gasteiger partial charge is 0.496 e. The van der Waals surface area contributed by atoms with Gasteiger partial charge in [0.25, 0.3) is 0 Å². The zero-order valence-corrected chi connectivity index (χ0v) is 14.5. The summed E-state index contributed by atoms with van der Waals surface area (Å²) in [7, 11) is 1.62.